The van der Waals surface area contributed by atoms with Gasteiger partial charge in [-0.05, 0) is 38.3 Å². The topological polar surface area (TPSA) is 92.8 Å². The van der Waals surface area contributed by atoms with Crippen molar-refractivity contribution in [2.24, 2.45) is 11.8 Å². The second-order valence-electron chi connectivity index (χ2n) is 6.85. The lowest BCUT2D eigenvalue weighted by Crippen LogP contribution is -2.45. The number of benzene rings is 1. The molecule has 0 unspecified atom stereocenters. The van der Waals surface area contributed by atoms with Crippen LogP contribution in [0.5, 0.6) is 0 Å². The van der Waals surface area contributed by atoms with Crippen LogP contribution in [-0.2, 0) is 23.9 Å². The number of nitrogens with zero attached hydrogens (tertiary/aromatic N) is 1. The molecular formula is C20H22N2O5. The van der Waals surface area contributed by atoms with Crippen molar-refractivity contribution in [1.82, 2.24) is 4.90 Å². The first-order chi connectivity index (χ1) is 12.9. The summed E-state index contributed by atoms with van der Waals surface area (Å²) in [6.07, 6.45) is 4.78. The van der Waals surface area contributed by atoms with Gasteiger partial charge in [0.25, 0.3) is 5.91 Å². The van der Waals surface area contributed by atoms with E-state index in [2.05, 4.69) is 5.32 Å². The van der Waals surface area contributed by atoms with Gasteiger partial charge in [0.2, 0.25) is 11.8 Å². The summed E-state index contributed by atoms with van der Waals surface area (Å²) < 4.78 is 5.03. The van der Waals surface area contributed by atoms with E-state index in [0.717, 1.165) is 10.5 Å². The molecule has 1 saturated heterocycles. The Bertz CT molecular complexity index is 790. The molecule has 27 heavy (non-hydrogen) atoms. The number of fused-ring (bicyclic) bond motifs is 1. The third-order valence-electron chi connectivity index (χ3n) is 5.03. The number of rotatable bonds is 5. The summed E-state index contributed by atoms with van der Waals surface area (Å²) in [4.78, 5) is 50.3. The van der Waals surface area contributed by atoms with Crippen LogP contribution in [0.15, 0.2) is 36.4 Å². The van der Waals surface area contributed by atoms with Gasteiger partial charge in [-0.25, -0.2) is 4.79 Å². The van der Waals surface area contributed by atoms with Crippen LogP contribution in [0.25, 0.3) is 0 Å². The highest BCUT2D eigenvalue weighted by molar-refractivity contribution is 6.08. The zero-order valence-corrected chi connectivity index (χ0v) is 15.3. The number of amides is 3. The van der Waals surface area contributed by atoms with Crippen LogP contribution in [0.4, 0.5) is 5.69 Å². The molecular weight excluding hydrogens is 348 g/mol. The van der Waals surface area contributed by atoms with E-state index < -0.39 is 36.4 Å². The van der Waals surface area contributed by atoms with E-state index >= 15 is 0 Å². The molecule has 1 aliphatic carbocycles. The maximum absolute atomic E-state index is 12.5. The second kappa shape index (κ2) is 7.73. The highest BCUT2D eigenvalue weighted by Gasteiger charge is 2.50. The smallest absolute Gasteiger partial charge is 0.329 e. The van der Waals surface area contributed by atoms with E-state index in [4.69, 9.17) is 4.74 Å². The standard InChI is InChI=1S/C20H22N2O5/c1-12-7-3-6-10-16(12)21-17(23)11-27-20(26)13(2)22-18(24)14-8-4-5-9-15(14)19(22)25/h3-7,10,13-15H,8-9,11H2,1-2H3,(H,21,23)/t13-,14-,15+/m0/s1. The van der Waals surface area contributed by atoms with Crippen molar-refractivity contribution in [3.05, 3.63) is 42.0 Å². The van der Waals surface area contributed by atoms with Crippen molar-refractivity contribution < 1.29 is 23.9 Å². The molecule has 1 aliphatic heterocycles. The lowest BCUT2D eigenvalue weighted by atomic mass is 9.85. The highest BCUT2D eigenvalue weighted by atomic mass is 16.5. The number of nitrogens with one attached hydrogen (secondary N) is 1. The highest BCUT2D eigenvalue weighted by Crippen LogP contribution is 2.36. The molecule has 0 radical (unpaired) electrons. The van der Waals surface area contributed by atoms with Crippen LogP contribution < -0.4 is 5.32 Å². The van der Waals surface area contributed by atoms with Crippen molar-refractivity contribution in [2.75, 3.05) is 11.9 Å². The second-order valence-corrected chi connectivity index (χ2v) is 6.85. The summed E-state index contributed by atoms with van der Waals surface area (Å²) in [6, 6.07) is 6.18. The Kier molecular flexibility index (Phi) is 5.39. The third kappa shape index (κ3) is 3.77. The van der Waals surface area contributed by atoms with Gasteiger partial charge in [-0.15, -0.1) is 0 Å². The molecule has 0 bridgehead atoms. The maximum Gasteiger partial charge on any atom is 0.329 e. The minimum absolute atomic E-state index is 0.344. The fourth-order valence-corrected chi connectivity index (χ4v) is 3.47. The molecule has 1 aromatic rings. The third-order valence-corrected chi connectivity index (χ3v) is 5.03. The number of aryl methyl sites for hydroxylation is 1. The zero-order valence-electron chi connectivity index (χ0n) is 15.3. The Morgan fingerprint density at radius 3 is 2.33 bits per heavy atom. The van der Waals surface area contributed by atoms with Crippen molar-refractivity contribution >= 4 is 29.4 Å². The number of allylic oxidation sites excluding steroid dienone is 2. The van der Waals surface area contributed by atoms with Gasteiger partial charge in [-0.2, -0.15) is 0 Å². The number of ether oxygens (including phenoxy) is 1. The van der Waals surface area contributed by atoms with Gasteiger partial charge in [0.05, 0.1) is 11.8 Å². The first-order valence-electron chi connectivity index (χ1n) is 8.94. The largest absolute Gasteiger partial charge is 0.454 e. The van der Waals surface area contributed by atoms with Gasteiger partial charge in [-0.3, -0.25) is 19.3 Å². The van der Waals surface area contributed by atoms with Crippen molar-refractivity contribution in [1.29, 1.82) is 0 Å². The number of carbonyl (C=O) groups excluding carboxylic acids is 4. The van der Waals surface area contributed by atoms with E-state index in [1.165, 1.54) is 6.92 Å². The summed E-state index contributed by atoms with van der Waals surface area (Å²) in [7, 11) is 0. The number of carbonyl (C=O) groups is 4. The zero-order chi connectivity index (χ0) is 19.6. The average Bonchev–Trinajstić information content (AvgIpc) is 2.92. The van der Waals surface area contributed by atoms with Gasteiger partial charge in [0.1, 0.15) is 6.04 Å². The minimum atomic E-state index is -1.05. The molecule has 3 atom stereocenters. The molecule has 7 heteroatoms. The predicted molar refractivity (Wildman–Crippen MR) is 97.4 cm³/mol. The first-order valence-corrected chi connectivity index (χ1v) is 8.94. The van der Waals surface area contributed by atoms with E-state index in [-0.39, 0.29) is 11.8 Å². The number of hydrogen-bond acceptors (Lipinski definition) is 5. The van der Waals surface area contributed by atoms with Crippen LogP contribution in [0.2, 0.25) is 0 Å². The van der Waals surface area contributed by atoms with Gasteiger partial charge >= 0.3 is 5.97 Å². The number of likely N-dealkylation sites (tertiary alicyclic amines) is 1. The molecule has 0 spiro atoms. The van der Waals surface area contributed by atoms with E-state index in [1.807, 2.05) is 31.2 Å². The molecule has 1 heterocycles. The Labute approximate surface area is 157 Å². The van der Waals surface area contributed by atoms with Gasteiger partial charge in [-0.1, -0.05) is 30.4 Å². The predicted octanol–water partition coefficient (Wildman–Crippen LogP) is 1.82. The average molecular weight is 370 g/mol. The number of anilines is 1. The number of hydrogen-bond donors (Lipinski definition) is 1. The molecule has 7 nitrogen and oxygen atoms in total. The van der Waals surface area contributed by atoms with Crippen molar-refractivity contribution in [3.63, 3.8) is 0 Å². The van der Waals surface area contributed by atoms with E-state index in [9.17, 15) is 19.2 Å². The SMILES string of the molecule is Cc1ccccc1NC(=O)COC(=O)[C@H](C)N1C(=O)[C@H]2CC=CC[C@H]2C1=O. The fraction of sp³-hybridized carbons (Fsp3) is 0.400. The van der Waals surface area contributed by atoms with Gasteiger partial charge < -0.3 is 10.1 Å². The van der Waals surface area contributed by atoms with Crippen molar-refractivity contribution in [3.8, 4) is 0 Å². The van der Waals surface area contributed by atoms with Crippen LogP contribution in [0.3, 0.4) is 0 Å². The summed E-state index contributed by atoms with van der Waals surface area (Å²) in [5.74, 6) is -2.75. The Morgan fingerprint density at radius 1 is 1.15 bits per heavy atom. The van der Waals surface area contributed by atoms with E-state index in [0.29, 0.717) is 18.5 Å². The molecule has 142 valence electrons. The quantitative estimate of drug-likeness (QED) is 0.485. The summed E-state index contributed by atoms with van der Waals surface area (Å²) in [6.45, 7) is 2.81. The monoisotopic (exact) mass is 370 g/mol. The molecule has 0 saturated carbocycles. The number of imide groups is 1. The van der Waals surface area contributed by atoms with Crippen LogP contribution >= 0.6 is 0 Å². The number of para-hydroxylation sites is 1. The molecule has 0 aromatic heterocycles. The van der Waals surface area contributed by atoms with Gasteiger partial charge in [0, 0.05) is 5.69 Å². The normalized spacial score (nSPS) is 22.4. The van der Waals surface area contributed by atoms with E-state index in [1.54, 1.807) is 12.1 Å². The lowest BCUT2D eigenvalue weighted by Gasteiger charge is -2.21. The van der Waals surface area contributed by atoms with Crippen molar-refractivity contribution in [2.45, 2.75) is 32.7 Å². The van der Waals surface area contributed by atoms with Crippen LogP contribution in [-0.4, -0.2) is 41.2 Å². The molecule has 3 amide bonds. The molecule has 1 fully saturated rings. The first kappa shape index (κ1) is 18.8. The molecule has 2 aliphatic rings. The molecule has 1 aromatic carbocycles. The lowest BCUT2D eigenvalue weighted by molar-refractivity contribution is -0.159. The summed E-state index contributed by atoms with van der Waals surface area (Å²) in [5.41, 5.74) is 1.52. The molecule has 3 rings (SSSR count). The number of esters is 1. The summed E-state index contributed by atoms with van der Waals surface area (Å²) in [5, 5.41) is 2.66. The van der Waals surface area contributed by atoms with Crippen LogP contribution in [0.1, 0.15) is 25.3 Å². The van der Waals surface area contributed by atoms with Crippen LogP contribution in [0, 0.1) is 18.8 Å². The van der Waals surface area contributed by atoms with Gasteiger partial charge in [0.15, 0.2) is 6.61 Å². The molecule has 1 N–H and O–H groups in total. The Morgan fingerprint density at radius 2 is 1.74 bits per heavy atom. The Hall–Kier alpha value is -2.96. The maximum atomic E-state index is 12.5. The summed E-state index contributed by atoms with van der Waals surface area (Å²) >= 11 is 0. The Balaban J connectivity index is 1.56. The fourth-order valence-electron chi connectivity index (χ4n) is 3.47. The minimum Gasteiger partial charge on any atom is -0.454 e.